The third kappa shape index (κ3) is 4.33. The van der Waals surface area contributed by atoms with Gasteiger partial charge in [0.1, 0.15) is 5.75 Å². The zero-order valence-electron chi connectivity index (χ0n) is 15.4. The summed E-state index contributed by atoms with van der Waals surface area (Å²) in [5, 5.41) is 0.551. The van der Waals surface area contributed by atoms with Gasteiger partial charge in [0.15, 0.2) is 0 Å². The van der Waals surface area contributed by atoms with E-state index in [9.17, 15) is 8.42 Å². The van der Waals surface area contributed by atoms with Crippen molar-refractivity contribution in [1.82, 2.24) is 14.4 Å². The zero-order chi connectivity index (χ0) is 20.4. The molecule has 4 rings (SSSR count). The summed E-state index contributed by atoms with van der Waals surface area (Å²) >= 11 is 5.86. The molecule has 0 saturated carbocycles. The van der Waals surface area contributed by atoms with Crippen LogP contribution in [0.25, 0.3) is 17.0 Å². The SMILES string of the molecule is COc1ccc(-c2cn3cccnc3n2)cc1NS(=O)(=O)Cc1ccc(Cl)cc1. The van der Waals surface area contributed by atoms with Crippen molar-refractivity contribution in [3.63, 3.8) is 0 Å². The Labute approximate surface area is 173 Å². The second-order valence-electron chi connectivity index (χ2n) is 6.36. The highest BCUT2D eigenvalue weighted by atomic mass is 35.5. The van der Waals surface area contributed by atoms with Crippen LogP contribution in [0, 0.1) is 0 Å². The number of nitrogens with zero attached hydrogens (tertiary/aromatic N) is 3. The lowest BCUT2D eigenvalue weighted by atomic mass is 10.1. The van der Waals surface area contributed by atoms with Crippen molar-refractivity contribution in [2.75, 3.05) is 11.8 Å². The number of ether oxygens (including phenoxy) is 1. The standard InChI is InChI=1S/C20H17ClN4O3S/c1-28-19-8-5-15(18-12-25-10-2-9-22-20(25)23-18)11-17(19)24-29(26,27)13-14-3-6-16(21)7-4-14/h2-12,24H,13H2,1H3. The number of imidazole rings is 1. The third-order valence-electron chi connectivity index (χ3n) is 4.27. The van der Waals surface area contributed by atoms with Gasteiger partial charge in [-0.1, -0.05) is 23.7 Å². The number of hydrogen-bond donors (Lipinski definition) is 1. The van der Waals surface area contributed by atoms with Crippen LogP contribution in [-0.4, -0.2) is 29.9 Å². The number of anilines is 1. The lowest BCUT2D eigenvalue weighted by Gasteiger charge is -2.13. The minimum absolute atomic E-state index is 0.185. The van der Waals surface area contributed by atoms with Crippen LogP contribution in [0.15, 0.2) is 67.1 Å². The van der Waals surface area contributed by atoms with E-state index in [1.54, 1.807) is 47.0 Å². The number of aromatic nitrogens is 3. The molecule has 29 heavy (non-hydrogen) atoms. The molecular formula is C20H17ClN4O3S. The topological polar surface area (TPSA) is 85.6 Å². The summed E-state index contributed by atoms with van der Waals surface area (Å²) < 4.78 is 35.1. The van der Waals surface area contributed by atoms with Crippen molar-refractivity contribution >= 4 is 33.1 Å². The summed E-state index contributed by atoms with van der Waals surface area (Å²) in [5.41, 5.74) is 2.37. The number of nitrogens with one attached hydrogen (secondary N) is 1. The molecule has 0 bridgehead atoms. The summed E-state index contributed by atoms with van der Waals surface area (Å²) in [4.78, 5) is 8.68. The van der Waals surface area contributed by atoms with Crippen LogP contribution < -0.4 is 9.46 Å². The fraction of sp³-hybridized carbons (Fsp3) is 0.100. The van der Waals surface area contributed by atoms with E-state index in [-0.39, 0.29) is 5.75 Å². The Morgan fingerprint density at radius 1 is 1.17 bits per heavy atom. The number of hydrogen-bond acceptors (Lipinski definition) is 5. The minimum atomic E-state index is -3.67. The highest BCUT2D eigenvalue weighted by Gasteiger charge is 2.16. The second-order valence-corrected chi connectivity index (χ2v) is 8.51. The van der Waals surface area contributed by atoms with Gasteiger partial charge in [-0.15, -0.1) is 0 Å². The first kappa shape index (κ1) is 19.2. The number of benzene rings is 2. The van der Waals surface area contributed by atoms with Crippen LogP contribution in [0.1, 0.15) is 5.56 Å². The molecular weight excluding hydrogens is 412 g/mol. The lowest BCUT2D eigenvalue weighted by Crippen LogP contribution is -2.15. The van der Waals surface area contributed by atoms with Gasteiger partial charge in [-0.25, -0.2) is 18.4 Å². The molecule has 0 amide bonds. The molecule has 0 aliphatic carbocycles. The van der Waals surface area contributed by atoms with E-state index in [2.05, 4.69) is 14.7 Å². The van der Waals surface area contributed by atoms with Crippen LogP contribution in [0.4, 0.5) is 5.69 Å². The number of rotatable bonds is 6. The third-order valence-corrected chi connectivity index (χ3v) is 5.76. The van der Waals surface area contributed by atoms with Crippen LogP contribution >= 0.6 is 11.6 Å². The largest absolute Gasteiger partial charge is 0.495 e. The van der Waals surface area contributed by atoms with E-state index in [0.717, 1.165) is 5.56 Å². The smallest absolute Gasteiger partial charge is 0.237 e. The molecule has 9 heteroatoms. The molecule has 2 aromatic carbocycles. The summed E-state index contributed by atoms with van der Waals surface area (Å²) in [6.45, 7) is 0. The number of sulfonamides is 1. The van der Waals surface area contributed by atoms with Gasteiger partial charge < -0.3 is 4.74 Å². The first-order chi connectivity index (χ1) is 13.9. The molecule has 4 aromatic rings. The van der Waals surface area contributed by atoms with Crippen molar-refractivity contribution in [3.8, 4) is 17.0 Å². The van der Waals surface area contributed by atoms with E-state index >= 15 is 0 Å². The minimum Gasteiger partial charge on any atom is -0.495 e. The summed E-state index contributed by atoms with van der Waals surface area (Å²) in [5.74, 6) is 0.786. The Balaban J connectivity index is 1.65. The number of halogens is 1. The van der Waals surface area contributed by atoms with Crippen molar-refractivity contribution < 1.29 is 13.2 Å². The Morgan fingerprint density at radius 3 is 2.69 bits per heavy atom. The summed E-state index contributed by atoms with van der Waals surface area (Å²) in [6.07, 6.45) is 5.34. The molecule has 148 valence electrons. The molecule has 0 spiro atoms. The highest BCUT2D eigenvalue weighted by molar-refractivity contribution is 7.91. The van der Waals surface area contributed by atoms with Gasteiger partial charge in [0.2, 0.25) is 15.8 Å². The van der Waals surface area contributed by atoms with E-state index in [1.807, 2.05) is 24.5 Å². The second kappa shape index (κ2) is 7.73. The van der Waals surface area contributed by atoms with Crippen LogP contribution in [0.3, 0.4) is 0 Å². The predicted molar refractivity (Wildman–Crippen MR) is 113 cm³/mol. The molecule has 2 aromatic heterocycles. The van der Waals surface area contributed by atoms with Crippen molar-refractivity contribution in [1.29, 1.82) is 0 Å². The monoisotopic (exact) mass is 428 g/mol. The molecule has 0 radical (unpaired) electrons. The molecule has 1 N–H and O–H groups in total. The Bertz CT molecular complexity index is 1240. The van der Waals surface area contributed by atoms with E-state index in [4.69, 9.17) is 16.3 Å². The molecule has 7 nitrogen and oxygen atoms in total. The average molecular weight is 429 g/mol. The number of methoxy groups -OCH3 is 1. The fourth-order valence-electron chi connectivity index (χ4n) is 2.92. The van der Waals surface area contributed by atoms with E-state index < -0.39 is 10.0 Å². The maximum Gasteiger partial charge on any atom is 0.237 e. The van der Waals surface area contributed by atoms with Crippen molar-refractivity contribution in [3.05, 3.63) is 77.7 Å². The highest BCUT2D eigenvalue weighted by Crippen LogP contribution is 2.31. The van der Waals surface area contributed by atoms with Gasteiger partial charge in [0.05, 0.1) is 24.2 Å². The first-order valence-electron chi connectivity index (χ1n) is 8.66. The average Bonchev–Trinajstić information content (AvgIpc) is 3.13. The molecule has 0 fully saturated rings. The summed E-state index contributed by atoms with van der Waals surface area (Å²) in [7, 11) is -2.18. The Kier molecular flexibility index (Phi) is 5.12. The first-order valence-corrected chi connectivity index (χ1v) is 10.7. The van der Waals surface area contributed by atoms with Gasteiger partial charge in [-0.2, -0.15) is 0 Å². The molecule has 0 atom stereocenters. The van der Waals surface area contributed by atoms with Crippen molar-refractivity contribution in [2.24, 2.45) is 0 Å². The zero-order valence-corrected chi connectivity index (χ0v) is 17.0. The van der Waals surface area contributed by atoms with Gasteiger partial charge in [-0.3, -0.25) is 9.12 Å². The van der Waals surface area contributed by atoms with E-state index in [1.165, 1.54) is 7.11 Å². The lowest BCUT2D eigenvalue weighted by molar-refractivity contribution is 0.417. The van der Waals surface area contributed by atoms with Gasteiger partial charge in [0, 0.05) is 29.2 Å². The van der Waals surface area contributed by atoms with Crippen LogP contribution in [-0.2, 0) is 15.8 Å². The molecule has 0 saturated heterocycles. The Morgan fingerprint density at radius 2 is 1.97 bits per heavy atom. The van der Waals surface area contributed by atoms with Crippen LogP contribution in [0.5, 0.6) is 5.75 Å². The quantitative estimate of drug-likeness (QED) is 0.501. The van der Waals surface area contributed by atoms with E-state index in [0.29, 0.717) is 33.5 Å². The Hall–Kier alpha value is -3.10. The normalized spacial score (nSPS) is 11.5. The molecule has 0 aliphatic rings. The van der Waals surface area contributed by atoms with Gasteiger partial charge in [-0.05, 0) is 42.0 Å². The maximum atomic E-state index is 12.7. The summed E-state index contributed by atoms with van der Waals surface area (Å²) in [6, 6.07) is 13.7. The number of fused-ring (bicyclic) bond motifs is 1. The van der Waals surface area contributed by atoms with Crippen molar-refractivity contribution in [2.45, 2.75) is 5.75 Å². The molecule has 0 unspecified atom stereocenters. The van der Waals surface area contributed by atoms with Gasteiger partial charge >= 0.3 is 0 Å². The molecule has 2 heterocycles. The fourth-order valence-corrected chi connectivity index (χ4v) is 4.24. The maximum absolute atomic E-state index is 12.7. The van der Waals surface area contributed by atoms with Crippen LogP contribution in [0.2, 0.25) is 5.02 Å². The molecule has 0 aliphatic heterocycles. The predicted octanol–water partition coefficient (Wildman–Crippen LogP) is 4.00. The van der Waals surface area contributed by atoms with Gasteiger partial charge in [0.25, 0.3) is 0 Å².